The van der Waals surface area contributed by atoms with Crippen molar-refractivity contribution in [3.05, 3.63) is 65.5 Å². The number of carbonyl (C=O) groups is 3. The quantitative estimate of drug-likeness (QED) is 0.579. The van der Waals surface area contributed by atoms with E-state index in [9.17, 15) is 27.6 Å². The Kier molecular flexibility index (Phi) is 7.25. The molecule has 1 N–H and O–H groups in total. The number of alkyl halides is 2. The zero-order valence-corrected chi connectivity index (χ0v) is 18.2. The predicted molar refractivity (Wildman–Crippen MR) is 113 cm³/mol. The molecule has 1 atom stereocenters. The van der Waals surface area contributed by atoms with Gasteiger partial charge in [0, 0.05) is 13.6 Å². The fourth-order valence-corrected chi connectivity index (χ4v) is 3.55. The van der Waals surface area contributed by atoms with Gasteiger partial charge in [-0.05, 0) is 55.2 Å². The van der Waals surface area contributed by atoms with E-state index in [0.29, 0.717) is 12.0 Å². The largest absolute Gasteiger partial charge is 0.435 e. The van der Waals surface area contributed by atoms with Crippen molar-refractivity contribution < 1.29 is 32.3 Å². The molecule has 1 fully saturated rings. The highest BCUT2D eigenvalue weighted by atomic mass is 19.3. The molecule has 2 aromatic rings. The van der Waals surface area contributed by atoms with Gasteiger partial charge in [-0.1, -0.05) is 24.3 Å². The van der Waals surface area contributed by atoms with Crippen molar-refractivity contribution >= 4 is 17.8 Å². The zero-order chi connectivity index (χ0) is 24.2. The second-order valence-electron chi connectivity index (χ2n) is 8.06. The number of hydrogen-bond acceptors (Lipinski definition) is 4. The molecule has 10 heteroatoms. The van der Waals surface area contributed by atoms with Crippen molar-refractivity contribution in [1.29, 1.82) is 0 Å². The summed E-state index contributed by atoms with van der Waals surface area (Å²) in [6.45, 7) is -1.65. The van der Waals surface area contributed by atoms with E-state index in [0.717, 1.165) is 10.5 Å². The third kappa shape index (κ3) is 6.03. The molecule has 7 nitrogen and oxygen atoms in total. The number of benzene rings is 2. The molecule has 1 aliphatic rings. The molecule has 0 aromatic heterocycles. The number of likely N-dealkylation sites (N-methyl/N-ethyl adjacent to an activating group) is 1. The Morgan fingerprint density at radius 3 is 2.48 bits per heavy atom. The van der Waals surface area contributed by atoms with Gasteiger partial charge in [0.15, 0.2) is 0 Å². The Labute approximate surface area is 189 Å². The van der Waals surface area contributed by atoms with Crippen LogP contribution in [-0.4, -0.2) is 53.4 Å². The first-order valence-corrected chi connectivity index (χ1v) is 10.2. The lowest BCUT2D eigenvalue weighted by molar-refractivity contribution is -0.138. The van der Waals surface area contributed by atoms with Crippen LogP contribution < -0.4 is 10.1 Å². The van der Waals surface area contributed by atoms with Gasteiger partial charge >= 0.3 is 12.6 Å². The highest BCUT2D eigenvalue weighted by Gasteiger charge is 2.48. The van der Waals surface area contributed by atoms with Crippen LogP contribution in [-0.2, 0) is 22.6 Å². The van der Waals surface area contributed by atoms with Gasteiger partial charge in [-0.15, -0.1) is 0 Å². The second kappa shape index (κ2) is 9.93. The molecule has 0 saturated carbocycles. The number of nitrogens with one attached hydrogen (secondary N) is 1. The van der Waals surface area contributed by atoms with Gasteiger partial charge < -0.3 is 15.0 Å². The normalized spacial score (nSPS) is 17.9. The highest BCUT2D eigenvalue weighted by Crippen LogP contribution is 2.24. The number of urea groups is 1. The summed E-state index contributed by atoms with van der Waals surface area (Å²) in [5.74, 6) is -1.40. The maximum atomic E-state index is 13.4. The van der Waals surface area contributed by atoms with Crippen LogP contribution in [0.3, 0.4) is 0 Å². The summed E-state index contributed by atoms with van der Waals surface area (Å²) < 4.78 is 42.2. The number of imide groups is 1. The first-order valence-electron chi connectivity index (χ1n) is 10.2. The molecule has 2 aromatic carbocycles. The first kappa shape index (κ1) is 24.1. The Bertz CT molecular complexity index is 1030. The molecule has 1 aliphatic heterocycles. The van der Waals surface area contributed by atoms with Crippen LogP contribution >= 0.6 is 0 Å². The van der Waals surface area contributed by atoms with Crippen LogP contribution in [0.1, 0.15) is 24.5 Å². The number of rotatable bonds is 9. The molecule has 1 unspecified atom stereocenters. The van der Waals surface area contributed by atoms with Gasteiger partial charge in [-0.25, -0.2) is 9.18 Å². The average molecular weight is 463 g/mol. The average Bonchev–Trinajstić information content (AvgIpc) is 2.96. The smallest absolute Gasteiger partial charge is 0.387 e. The van der Waals surface area contributed by atoms with Crippen LogP contribution in [0.2, 0.25) is 0 Å². The fourth-order valence-electron chi connectivity index (χ4n) is 3.55. The number of carbonyl (C=O) groups excluding carboxylic acids is 3. The third-order valence-electron chi connectivity index (χ3n) is 5.44. The predicted octanol–water partition coefficient (Wildman–Crippen LogP) is 3.33. The van der Waals surface area contributed by atoms with E-state index in [4.69, 9.17) is 0 Å². The van der Waals surface area contributed by atoms with Crippen molar-refractivity contribution in [1.82, 2.24) is 15.1 Å². The highest BCUT2D eigenvalue weighted by molar-refractivity contribution is 6.08. The summed E-state index contributed by atoms with van der Waals surface area (Å²) in [5.41, 5.74) is 0.137. The van der Waals surface area contributed by atoms with Gasteiger partial charge in [0.1, 0.15) is 23.7 Å². The van der Waals surface area contributed by atoms with E-state index in [2.05, 4.69) is 10.1 Å². The van der Waals surface area contributed by atoms with Crippen LogP contribution in [0.4, 0.5) is 18.0 Å². The minimum absolute atomic E-state index is 0.0252. The maximum Gasteiger partial charge on any atom is 0.387 e. The van der Waals surface area contributed by atoms with Gasteiger partial charge in [0.25, 0.3) is 5.91 Å². The monoisotopic (exact) mass is 463 g/mol. The Morgan fingerprint density at radius 2 is 1.85 bits per heavy atom. The molecule has 0 aliphatic carbocycles. The van der Waals surface area contributed by atoms with Gasteiger partial charge in [0.05, 0.1) is 0 Å². The summed E-state index contributed by atoms with van der Waals surface area (Å²) in [7, 11) is 1.51. The number of aryl methyl sites for hydroxylation is 1. The molecule has 1 heterocycles. The number of hydrogen-bond donors (Lipinski definition) is 1. The number of ether oxygens (including phenoxy) is 1. The van der Waals surface area contributed by atoms with Crippen molar-refractivity contribution in [2.45, 2.75) is 38.5 Å². The van der Waals surface area contributed by atoms with Crippen molar-refractivity contribution in [3.8, 4) is 5.75 Å². The van der Waals surface area contributed by atoms with Crippen LogP contribution in [0.5, 0.6) is 5.75 Å². The van der Waals surface area contributed by atoms with Crippen molar-refractivity contribution in [2.24, 2.45) is 0 Å². The van der Waals surface area contributed by atoms with Crippen LogP contribution in [0, 0.1) is 5.82 Å². The summed E-state index contributed by atoms with van der Waals surface area (Å²) in [6.07, 6.45) is 0.634. The van der Waals surface area contributed by atoms with Gasteiger partial charge in [0.2, 0.25) is 5.91 Å². The van der Waals surface area contributed by atoms with Gasteiger partial charge in [-0.2, -0.15) is 8.78 Å². The molecule has 33 heavy (non-hydrogen) atoms. The Hall–Kier alpha value is -3.56. The lowest BCUT2D eigenvalue weighted by Gasteiger charge is -2.23. The molecule has 0 radical (unpaired) electrons. The van der Waals surface area contributed by atoms with E-state index < -0.39 is 42.4 Å². The summed E-state index contributed by atoms with van der Waals surface area (Å²) in [4.78, 5) is 40.1. The SMILES string of the molecule is CN(Cc1cccc(F)c1)C(=O)CN1C(=O)NC(C)(CCc2ccc(OC(F)F)cc2)C1=O. The van der Waals surface area contributed by atoms with E-state index >= 15 is 0 Å². The van der Waals surface area contributed by atoms with Crippen molar-refractivity contribution in [3.63, 3.8) is 0 Å². The number of halogens is 3. The second-order valence-corrected chi connectivity index (χ2v) is 8.06. The molecule has 176 valence electrons. The van der Waals surface area contributed by atoms with Crippen LogP contribution in [0.25, 0.3) is 0 Å². The minimum atomic E-state index is -2.91. The zero-order valence-electron chi connectivity index (χ0n) is 18.2. The van der Waals surface area contributed by atoms with E-state index in [1.54, 1.807) is 25.1 Å². The van der Waals surface area contributed by atoms with Crippen molar-refractivity contribution in [2.75, 3.05) is 13.6 Å². The standard InChI is InChI=1S/C23H24F3N3O4/c1-23(11-10-15-6-8-18(9-7-15)33-21(25)26)20(31)29(22(32)27-23)14-19(30)28(2)13-16-4-3-5-17(24)12-16/h3-9,12,21H,10-11,13-14H2,1-2H3,(H,27,32). The summed E-state index contributed by atoms with van der Waals surface area (Å²) in [5, 5.41) is 2.63. The summed E-state index contributed by atoms with van der Waals surface area (Å²) in [6, 6.07) is 11.1. The van der Waals surface area contributed by atoms with E-state index in [-0.39, 0.29) is 18.7 Å². The number of nitrogens with zero attached hydrogens (tertiary/aromatic N) is 2. The lowest BCUT2D eigenvalue weighted by Crippen LogP contribution is -2.45. The first-order chi connectivity index (χ1) is 15.6. The molecule has 3 rings (SSSR count). The summed E-state index contributed by atoms with van der Waals surface area (Å²) >= 11 is 0. The molecule has 1 saturated heterocycles. The molecule has 0 bridgehead atoms. The Morgan fingerprint density at radius 1 is 1.15 bits per heavy atom. The number of amides is 4. The fraction of sp³-hybridized carbons (Fsp3) is 0.348. The van der Waals surface area contributed by atoms with E-state index in [1.807, 2.05) is 0 Å². The van der Waals surface area contributed by atoms with Crippen LogP contribution in [0.15, 0.2) is 48.5 Å². The molecular weight excluding hydrogens is 439 g/mol. The van der Waals surface area contributed by atoms with E-state index in [1.165, 1.54) is 42.3 Å². The minimum Gasteiger partial charge on any atom is -0.435 e. The maximum absolute atomic E-state index is 13.4. The molecule has 0 spiro atoms. The topological polar surface area (TPSA) is 79.0 Å². The van der Waals surface area contributed by atoms with Gasteiger partial charge in [-0.3, -0.25) is 14.5 Å². The molecule has 4 amide bonds. The molecular formula is C23H24F3N3O4. The Balaban J connectivity index is 1.57. The third-order valence-corrected chi connectivity index (χ3v) is 5.44. The lowest BCUT2D eigenvalue weighted by atomic mass is 9.93.